The second kappa shape index (κ2) is 9.69. The Bertz CT molecular complexity index is 566. The molecule has 1 amide bonds. The Morgan fingerprint density at radius 3 is 2.86 bits per heavy atom. The van der Waals surface area contributed by atoms with Gasteiger partial charge in [0, 0.05) is 11.4 Å². The van der Waals surface area contributed by atoms with Crippen LogP contribution in [0.3, 0.4) is 0 Å². The quantitative estimate of drug-likeness (QED) is 0.452. The zero-order valence-electron chi connectivity index (χ0n) is 12.4. The van der Waals surface area contributed by atoms with Crippen LogP contribution < -0.4 is 10.1 Å². The maximum Gasteiger partial charge on any atom is 0.306 e. The van der Waals surface area contributed by atoms with Crippen molar-refractivity contribution < 1.29 is 19.1 Å². The highest BCUT2D eigenvalue weighted by atomic mass is 35.5. The van der Waals surface area contributed by atoms with E-state index in [9.17, 15) is 9.59 Å². The summed E-state index contributed by atoms with van der Waals surface area (Å²) in [4.78, 5) is 22.6. The van der Waals surface area contributed by atoms with E-state index in [-0.39, 0.29) is 19.6 Å². The lowest BCUT2D eigenvalue weighted by Gasteiger charge is -2.08. The summed E-state index contributed by atoms with van der Waals surface area (Å²) in [7, 11) is 0. The van der Waals surface area contributed by atoms with Crippen molar-refractivity contribution in [3.05, 3.63) is 28.8 Å². The van der Waals surface area contributed by atoms with E-state index in [1.165, 1.54) is 0 Å². The lowest BCUT2D eigenvalue weighted by molar-refractivity contribution is -0.148. The minimum Gasteiger partial charge on any atom is -0.494 e. The first-order valence-corrected chi connectivity index (χ1v) is 7.15. The predicted molar refractivity (Wildman–Crippen MR) is 83.7 cm³/mol. The van der Waals surface area contributed by atoms with E-state index in [0.29, 0.717) is 23.8 Å². The third kappa shape index (κ3) is 7.00. The zero-order valence-corrected chi connectivity index (χ0v) is 13.1. The first-order chi connectivity index (χ1) is 10.5. The van der Waals surface area contributed by atoms with Crippen LogP contribution in [-0.2, 0) is 14.3 Å². The van der Waals surface area contributed by atoms with Gasteiger partial charge >= 0.3 is 5.97 Å². The fraction of sp³-hybridized carbons (Fsp3) is 0.375. The third-order valence-electron chi connectivity index (χ3n) is 2.68. The fourth-order valence-electron chi connectivity index (χ4n) is 1.53. The molecule has 1 aromatic carbocycles. The SMILES string of the molecule is C#CCNC(=O)COC(=O)CCCOc1ccc(Cl)c(C)c1. The molecule has 0 fully saturated rings. The summed E-state index contributed by atoms with van der Waals surface area (Å²) in [5, 5.41) is 3.08. The maximum absolute atomic E-state index is 11.4. The Kier molecular flexibility index (Phi) is 7.87. The number of amides is 1. The average Bonchev–Trinajstić information content (AvgIpc) is 2.50. The van der Waals surface area contributed by atoms with Crippen LogP contribution in [0.15, 0.2) is 18.2 Å². The molecule has 1 aromatic rings. The molecule has 118 valence electrons. The van der Waals surface area contributed by atoms with Crippen molar-refractivity contribution in [2.45, 2.75) is 19.8 Å². The number of carbonyl (C=O) groups excluding carboxylic acids is 2. The van der Waals surface area contributed by atoms with Crippen LogP contribution in [0.5, 0.6) is 5.75 Å². The van der Waals surface area contributed by atoms with E-state index in [2.05, 4.69) is 11.2 Å². The summed E-state index contributed by atoms with van der Waals surface area (Å²) >= 11 is 5.92. The molecule has 0 spiro atoms. The molecule has 5 nitrogen and oxygen atoms in total. The van der Waals surface area contributed by atoms with Gasteiger partial charge in [0.25, 0.3) is 5.91 Å². The highest BCUT2D eigenvalue weighted by Gasteiger charge is 2.07. The Labute approximate surface area is 134 Å². The van der Waals surface area contributed by atoms with Gasteiger partial charge in [-0.05, 0) is 37.1 Å². The molecule has 0 aliphatic rings. The molecule has 0 saturated carbocycles. The molecule has 1 N–H and O–H groups in total. The van der Waals surface area contributed by atoms with Gasteiger partial charge < -0.3 is 14.8 Å². The van der Waals surface area contributed by atoms with Crippen LogP contribution >= 0.6 is 11.6 Å². The lowest BCUT2D eigenvalue weighted by Crippen LogP contribution is -2.29. The minimum atomic E-state index is -0.452. The van der Waals surface area contributed by atoms with Gasteiger partial charge in [0.2, 0.25) is 0 Å². The molecule has 0 unspecified atom stereocenters. The zero-order chi connectivity index (χ0) is 16.4. The van der Waals surface area contributed by atoms with Gasteiger partial charge in [-0.1, -0.05) is 17.5 Å². The van der Waals surface area contributed by atoms with E-state index in [1.807, 2.05) is 13.0 Å². The molecule has 0 saturated heterocycles. The van der Waals surface area contributed by atoms with Gasteiger partial charge in [-0.3, -0.25) is 9.59 Å². The molecule has 0 aliphatic heterocycles. The number of carbonyl (C=O) groups is 2. The molecule has 1 rings (SSSR count). The number of nitrogens with one attached hydrogen (secondary N) is 1. The predicted octanol–water partition coefficient (Wildman–Crippen LogP) is 2.10. The van der Waals surface area contributed by atoms with Gasteiger partial charge in [0.05, 0.1) is 13.2 Å². The van der Waals surface area contributed by atoms with Crippen LogP contribution in [0.2, 0.25) is 5.02 Å². The second-order valence-electron chi connectivity index (χ2n) is 4.50. The number of benzene rings is 1. The van der Waals surface area contributed by atoms with Crippen molar-refractivity contribution in [1.82, 2.24) is 5.32 Å². The smallest absolute Gasteiger partial charge is 0.306 e. The third-order valence-corrected chi connectivity index (χ3v) is 3.10. The van der Waals surface area contributed by atoms with Crippen LogP contribution in [0.4, 0.5) is 0 Å². The monoisotopic (exact) mass is 323 g/mol. The number of halogens is 1. The second-order valence-corrected chi connectivity index (χ2v) is 4.91. The molecular formula is C16H18ClNO4. The van der Waals surface area contributed by atoms with E-state index in [4.69, 9.17) is 27.5 Å². The van der Waals surface area contributed by atoms with Crippen molar-refractivity contribution in [2.24, 2.45) is 0 Å². The standard InChI is InChI=1S/C16H18ClNO4/c1-3-8-18-15(19)11-22-16(20)5-4-9-21-13-6-7-14(17)12(2)10-13/h1,6-7,10H,4-5,8-9,11H2,2H3,(H,18,19). The van der Waals surface area contributed by atoms with E-state index >= 15 is 0 Å². The number of rotatable bonds is 8. The van der Waals surface area contributed by atoms with Crippen LogP contribution in [0.25, 0.3) is 0 Å². The molecule has 0 aromatic heterocycles. The Morgan fingerprint density at radius 2 is 2.18 bits per heavy atom. The summed E-state index contributed by atoms with van der Waals surface area (Å²) in [6.07, 6.45) is 5.65. The topological polar surface area (TPSA) is 64.6 Å². The summed E-state index contributed by atoms with van der Waals surface area (Å²) in [6.45, 7) is 2.06. The number of hydrogen-bond donors (Lipinski definition) is 1. The highest BCUT2D eigenvalue weighted by Crippen LogP contribution is 2.21. The minimum absolute atomic E-state index is 0.116. The summed E-state index contributed by atoms with van der Waals surface area (Å²) in [5.41, 5.74) is 0.927. The van der Waals surface area contributed by atoms with Gasteiger partial charge in [-0.25, -0.2) is 0 Å². The van der Waals surface area contributed by atoms with E-state index in [0.717, 1.165) is 5.56 Å². The lowest BCUT2D eigenvalue weighted by atomic mass is 10.2. The number of ether oxygens (including phenoxy) is 2. The van der Waals surface area contributed by atoms with Gasteiger partial charge in [0.1, 0.15) is 5.75 Å². The van der Waals surface area contributed by atoms with E-state index < -0.39 is 11.9 Å². The summed E-state index contributed by atoms with van der Waals surface area (Å²) in [5.74, 6) is 2.08. The fourth-order valence-corrected chi connectivity index (χ4v) is 1.65. The van der Waals surface area contributed by atoms with E-state index in [1.54, 1.807) is 12.1 Å². The van der Waals surface area contributed by atoms with Crippen molar-refractivity contribution in [2.75, 3.05) is 19.8 Å². The number of terminal acetylenes is 1. The molecular weight excluding hydrogens is 306 g/mol. The van der Waals surface area contributed by atoms with Crippen molar-refractivity contribution in [3.63, 3.8) is 0 Å². The average molecular weight is 324 g/mol. The van der Waals surface area contributed by atoms with Crippen LogP contribution in [-0.4, -0.2) is 31.6 Å². The largest absolute Gasteiger partial charge is 0.494 e. The molecule has 0 heterocycles. The number of esters is 1. The Morgan fingerprint density at radius 1 is 1.41 bits per heavy atom. The number of aryl methyl sites for hydroxylation is 1. The van der Waals surface area contributed by atoms with Crippen molar-refractivity contribution >= 4 is 23.5 Å². The van der Waals surface area contributed by atoms with Gasteiger partial charge in [-0.2, -0.15) is 0 Å². The first-order valence-electron chi connectivity index (χ1n) is 6.77. The van der Waals surface area contributed by atoms with Gasteiger partial charge in [0.15, 0.2) is 6.61 Å². The van der Waals surface area contributed by atoms with Gasteiger partial charge in [-0.15, -0.1) is 6.42 Å². The normalized spacial score (nSPS) is 9.68. The Balaban J connectivity index is 2.16. The van der Waals surface area contributed by atoms with Crippen molar-refractivity contribution in [1.29, 1.82) is 0 Å². The molecule has 6 heteroatoms. The molecule has 0 radical (unpaired) electrons. The Hall–Kier alpha value is -2.19. The maximum atomic E-state index is 11.4. The molecule has 0 aliphatic carbocycles. The molecule has 0 bridgehead atoms. The van der Waals surface area contributed by atoms with Crippen LogP contribution in [0, 0.1) is 19.3 Å². The summed E-state index contributed by atoms with van der Waals surface area (Å²) < 4.78 is 10.3. The first kappa shape index (κ1) is 17.9. The van der Waals surface area contributed by atoms with Crippen LogP contribution in [0.1, 0.15) is 18.4 Å². The van der Waals surface area contributed by atoms with Crippen molar-refractivity contribution in [3.8, 4) is 18.1 Å². The summed E-state index contributed by atoms with van der Waals surface area (Å²) in [6, 6.07) is 5.36. The molecule has 0 atom stereocenters. The number of hydrogen-bond acceptors (Lipinski definition) is 4. The highest BCUT2D eigenvalue weighted by molar-refractivity contribution is 6.31. The molecule has 22 heavy (non-hydrogen) atoms.